The van der Waals surface area contributed by atoms with Crippen LogP contribution in [0.5, 0.6) is 0 Å². The molecule has 0 saturated carbocycles. The lowest BCUT2D eigenvalue weighted by Gasteiger charge is -2.34. The minimum Gasteiger partial charge on any atom is -0.379 e. The summed E-state index contributed by atoms with van der Waals surface area (Å²) in [6, 6.07) is 1.53. The lowest BCUT2D eigenvalue weighted by atomic mass is 9.92. The maximum atomic E-state index is 12.9. The van der Waals surface area contributed by atoms with Gasteiger partial charge in [-0.25, -0.2) is 8.42 Å². The first-order valence-electron chi connectivity index (χ1n) is 10.0. The van der Waals surface area contributed by atoms with Gasteiger partial charge in [-0.1, -0.05) is 13.8 Å². The summed E-state index contributed by atoms with van der Waals surface area (Å²) in [4.78, 5) is 15.4. The van der Waals surface area contributed by atoms with Gasteiger partial charge in [0.15, 0.2) is 0 Å². The van der Waals surface area contributed by atoms with Gasteiger partial charge < -0.3 is 15.0 Å². The summed E-state index contributed by atoms with van der Waals surface area (Å²) < 4.78 is 32.4. The van der Waals surface area contributed by atoms with Gasteiger partial charge in [-0.3, -0.25) is 4.79 Å². The Labute approximate surface area is 172 Å². The molecule has 0 spiro atoms. The molecule has 2 saturated heterocycles. The molecule has 2 fully saturated rings. The number of thiophene rings is 1. The zero-order valence-corrected chi connectivity index (χ0v) is 18.4. The molecule has 2 atom stereocenters. The summed E-state index contributed by atoms with van der Waals surface area (Å²) >= 11 is 1.18. The summed E-state index contributed by atoms with van der Waals surface area (Å²) in [6.45, 7) is 9.74. The van der Waals surface area contributed by atoms with E-state index in [9.17, 15) is 13.2 Å². The maximum Gasteiger partial charge on any atom is 0.262 e. The zero-order chi connectivity index (χ0) is 20.1. The first kappa shape index (κ1) is 21.7. The minimum atomic E-state index is -3.66. The van der Waals surface area contributed by atoms with E-state index in [4.69, 9.17) is 4.74 Å². The molecule has 9 heteroatoms. The molecule has 0 unspecified atom stereocenters. The number of ether oxygens (including phenoxy) is 1. The van der Waals surface area contributed by atoms with E-state index in [2.05, 4.69) is 24.1 Å². The summed E-state index contributed by atoms with van der Waals surface area (Å²) in [5.41, 5.74) is 0. The Morgan fingerprint density at radius 1 is 1.25 bits per heavy atom. The zero-order valence-electron chi connectivity index (χ0n) is 16.7. The number of nitrogens with zero attached hydrogens (tertiary/aromatic N) is 2. The van der Waals surface area contributed by atoms with E-state index in [1.54, 1.807) is 5.38 Å². The van der Waals surface area contributed by atoms with Gasteiger partial charge in [0.2, 0.25) is 10.0 Å². The average molecular weight is 430 g/mol. The van der Waals surface area contributed by atoms with E-state index in [-0.39, 0.29) is 15.7 Å². The topological polar surface area (TPSA) is 79.0 Å². The number of hydrogen-bond acceptors (Lipinski definition) is 6. The van der Waals surface area contributed by atoms with Gasteiger partial charge in [0.05, 0.1) is 13.2 Å². The predicted octanol–water partition coefficient (Wildman–Crippen LogP) is 1.87. The van der Waals surface area contributed by atoms with Gasteiger partial charge in [-0.15, -0.1) is 11.3 Å². The standard InChI is InChI=1S/C19H31N3O4S2/c1-15-12-16(2)14-21(13-15)6-3-5-20-19(23)18-17(4-11-27-18)28(24,25)22-7-9-26-10-8-22/h4,11,15-16H,3,5-10,12-14H2,1-2H3,(H,20,23)/t15-,16-/m1/s1. The fraction of sp³-hybridized carbons (Fsp3) is 0.737. The second-order valence-corrected chi connectivity index (χ2v) is 10.8. The highest BCUT2D eigenvalue weighted by molar-refractivity contribution is 7.89. The second kappa shape index (κ2) is 9.67. The maximum absolute atomic E-state index is 12.9. The van der Waals surface area contributed by atoms with Crippen LogP contribution < -0.4 is 5.32 Å². The van der Waals surface area contributed by atoms with Crippen molar-refractivity contribution in [3.63, 3.8) is 0 Å². The second-order valence-electron chi connectivity index (χ2n) is 7.95. The van der Waals surface area contributed by atoms with E-state index in [1.165, 1.54) is 28.1 Å². The Balaban J connectivity index is 1.52. The van der Waals surface area contributed by atoms with Crippen LogP contribution in [0, 0.1) is 11.8 Å². The van der Waals surface area contributed by atoms with Gasteiger partial charge in [0.25, 0.3) is 5.91 Å². The Kier molecular flexibility index (Phi) is 7.49. The highest BCUT2D eigenvalue weighted by Crippen LogP contribution is 2.26. The van der Waals surface area contributed by atoms with Crippen LogP contribution in [0.4, 0.5) is 0 Å². The third-order valence-corrected chi connectivity index (χ3v) is 8.29. The van der Waals surface area contributed by atoms with Crippen molar-refractivity contribution >= 4 is 27.3 Å². The fourth-order valence-corrected chi connectivity index (χ4v) is 6.88. The molecule has 158 valence electrons. The van der Waals surface area contributed by atoms with Crippen molar-refractivity contribution < 1.29 is 17.9 Å². The Morgan fingerprint density at radius 2 is 1.93 bits per heavy atom. The molecule has 0 bridgehead atoms. The number of sulfonamides is 1. The molecular weight excluding hydrogens is 398 g/mol. The third-order valence-electron chi connectivity index (χ3n) is 5.30. The van der Waals surface area contributed by atoms with Crippen LogP contribution in [0.25, 0.3) is 0 Å². The SMILES string of the molecule is C[C@@H]1C[C@@H](C)CN(CCCNC(=O)c2sccc2S(=O)(=O)N2CCOCC2)C1. The van der Waals surface area contributed by atoms with E-state index < -0.39 is 10.0 Å². The Hall–Kier alpha value is -1.00. The van der Waals surface area contributed by atoms with E-state index in [0.717, 1.165) is 37.9 Å². The lowest BCUT2D eigenvalue weighted by molar-refractivity contribution is 0.0730. The van der Waals surface area contributed by atoms with Crippen molar-refractivity contribution in [3.8, 4) is 0 Å². The van der Waals surface area contributed by atoms with Crippen molar-refractivity contribution in [1.29, 1.82) is 0 Å². The van der Waals surface area contributed by atoms with Crippen molar-refractivity contribution in [3.05, 3.63) is 16.3 Å². The number of hydrogen-bond donors (Lipinski definition) is 1. The van der Waals surface area contributed by atoms with E-state index in [0.29, 0.717) is 32.8 Å². The third kappa shape index (κ3) is 5.33. The van der Waals surface area contributed by atoms with Crippen LogP contribution in [-0.2, 0) is 14.8 Å². The normalized spacial score (nSPS) is 24.9. The average Bonchev–Trinajstić information content (AvgIpc) is 3.16. The molecule has 2 aliphatic rings. The number of morpholine rings is 1. The van der Waals surface area contributed by atoms with E-state index >= 15 is 0 Å². The van der Waals surface area contributed by atoms with Gasteiger partial charge in [-0.05, 0) is 42.7 Å². The molecular formula is C19H31N3O4S2. The molecule has 2 aliphatic heterocycles. The largest absolute Gasteiger partial charge is 0.379 e. The number of rotatable bonds is 7. The van der Waals surface area contributed by atoms with Gasteiger partial charge in [0.1, 0.15) is 9.77 Å². The molecule has 0 aromatic carbocycles. The molecule has 0 aliphatic carbocycles. The van der Waals surface area contributed by atoms with E-state index in [1.807, 2.05) is 0 Å². The van der Waals surface area contributed by atoms with Crippen LogP contribution in [0.15, 0.2) is 16.3 Å². The summed E-state index contributed by atoms with van der Waals surface area (Å²) in [7, 11) is -3.66. The molecule has 7 nitrogen and oxygen atoms in total. The molecule has 1 N–H and O–H groups in total. The summed E-state index contributed by atoms with van der Waals surface area (Å²) in [6.07, 6.45) is 2.15. The lowest BCUT2D eigenvalue weighted by Crippen LogP contribution is -2.41. The monoisotopic (exact) mass is 429 g/mol. The summed E-state index contributed by atoms with van der Waals surface area (Å²) in [5, 5.41) is 4.57. The number of nitrogens with one attached hydrogen (secondary N) is 1. The fourth-order valence-electron chi connectivity index (χ4n) is 4.15. The number of carbonyl (C=O) groups excluding carboxylic acids is 1. The molecule has 0 radical (unpaired) electrons. The number of piperidine rings is 1. The van der Waals surface area contributed by atoms with Crippen molar-refractivity contribution in [2.75, 3.05) is 52.5 Å². The Bertz CT molecular complexity index is 749. The highest BCUT2D eigenvalue weighted by Gasteiger charge is 2.31. The van der Waals surface area contributed by atoms with Crippen molar-refractivity contribution in [2.45, 2.75) is 31.6 Å². The van der Waals surface area contributed by atoms with Gasteiger partial charge in [0, 0.05) is 32.7 Å². The van der Waals surface area contributed by atoms with Crippen LogP contribution in [0.1, 0.15) is 36.4 Å². The molecule has 1 amide bonds. The molecule has 3 heterocycles. The minimum absolute atomic E-state index is 0.107. The number of likely N-dealkylation sites (tertiary alicyclic amines) is 1. The van der Waals surface area contributed by atoms with Crippen LogP contribution >= 0.6 is 11.3 Å². The van der Waals surface area contributed by atoms with Gasteiger partial charge >= 0.3 is 0 Å². The smallest absolute Gasteiger partial charge is 0.262 e. The molecule has 1 aromatic heterocycles. The molecule has 28 heavy (non-hydrogen) atoms. The highest BCUT2D eigenvalue weighted by atomic mass is 32.2. The van der Waals surface area contributed by atoms with Crippen LogP contribution in [-0.4, -0.2) is 76.0 Å². The number of carbonyl (C=O) groups is 1. The molecule has 3 rings (SSSR count). The van der Waals surface area contributed by atoms with Crippen molar-refractivity contribution in [1.82, 2.24) is 14.5 Å². The number of amides is 1. The quantitative estimate of drug-likeness (QED) is 0.670. The first-order chi connectivity index (χ1) is 13.4. The predicted molar refractivity (Wildman–Crippen MR) is 110 cm³/mol. The molecule has 1 aromatic rings. The summed E-state index contributed by atoms with van der Waals surface area (Å²) in [5.74, 6) is 1.14. The van der Waals surface area contributed by atoms with Gasteiger partial charge in [-0.2, -0.15) is 4.31 Å². The Morgan fingerprint density at radius 3 is 2.61 bits per heavy atom. The van der Waals surface area contributed by atoms with Crippen LogP contribution in [0.2, 0.25) is 0 Å². The first-order valence-corrected chi connectivity index (χ1v) is 12.4. The van der Waals surface area contributed by atoms with Crippen molar-refractivity contribution in [2.24, 2.45) is 11.8 Å². The van der Waals surface area contributed by atoms with Crippen LogP contribution in [0.3, 0.4) is 0 Å².